The minimum atomic E-state index is -0.853. The molecule has 1 saturated heterocycles. The average Bonchev–Trinajstić information content (AvgIpc) is 2.93. The lowest BCUT2D eigenvalue weighted by molar-refractivity contribution is -0.153. The van der Waals surface area contributed by atoms with Gasteiger partial charge in [0, 0.05) is 13.1 Å². The maximum atomic E-state index is 13.1. The molecule has 202 valence electrons. The van der Waals surface area contributed by atoms with Crippen LogP contribution in [0.25, 0.3) is 0 Å². The lowest BCUT2D eigenvalue weighted by atomic mass is 9.98. The number of hydrogen-bond donors (Lipinski definition) is 2. The van der Waals surface area contributed by atoms with E-state index in [2.05, 4.69) is 10.6 Å². The van der Waals surface area contributed by atoms with E-state index in [1.807, 2.05) is 30.3 Å². The number of piperazine rings is 1. The van der Waals surface area contributed by atoms with Crippen molar-refractivity contribution in [1.82, 2.24) is 15.5 Å². The number of ether oxygens (including phenoxy) is 3. The molecule has 2 amide bonds. The second-order valence-corrected chi connectivity index (χ2v) is 9.61. The molecule has 2 N–H and O–H groups in total. The molecular formula is C28H33N3O6S. The normalized spacial score (nSPS) is 17.7. The standard InChI is InChI=1S/C28H33N3O6S/c32-25(37-21-11-5-2-6-12-21)19-23-27(34)29-15-16-31(23)28(38)30-26(33)22-13-7-8-14-24(22)36-18-17-35-20-9-3-1-4-10-20/h1,3-4,7-10,13-14,21,23H,2,5-6,11-12,15-19H2,(H,29,34)(H,30,33,38). The largest absolute Gasteiger partial charge is 0.490 e. The quantitative estimate of drug-likeness (QED) is 0.284. The third kappa shape index (κ3) is 7.67. The van der Waals surface area contributed by atoms with Gasteiger partial charge < -0.3 is 24.4 Å². The van der Waals surface area contributed by atoms with Gasteiger partial charge in [0.05, 0.1) is 12.0 Å². The minimum Gasteiger partial charge on any atom is -0.490 e. The second kappa shape index (κ2) is 13.8. The molecular weight excluding hydrogens is 506 g/mol. The lowest BCUT2D eigenvalue weighted by Gasteiger charge is -2.36. The first-order chi connectivity index (χ1) is 18.5. The Morgan fingerprint density at radius 1 is 0.974 bits per heavy atom. The molecule has 1 aliphatic heterocycles. The zero-order valence-electron chi connectivity index (χ0n) is 21.2. The van der Waals surface area contributed by atoms with Crippen molar-refractivity contribution in [3.63, 3.8) is 0 Å². The first kappa shape index (κ1) is 27.4. The van der Waals surface area contributed by atoms with Crippen LogP contribution in [0.15, 0.2) is 54.6 Å². The van der Waals surface area contributed by atoms with Crippen molar-refractivity contribution in [3.8, 4) is 11.5 Å². The van der Waals surface area contributed by atoms with Gasteiger partial charge in [-0.1, -0.05) is 36.8 Å². The third-order valence-electron chi connectivity index (χ3n) is 6.51. The Hall–Kier alpha value is -3.66. The van der Waals surface area contributed by atoms with Gasteiger partial charge in [0.25, 0.3) is 5.91 Å². The van der Waals surface area contributed by atoms with Crippen LogP contribution in [0.3, 0.4) is 0 Å². The van der Waals surface area contributed by atoms with E-state index in [1.54, 1.807) is 29.2 Å². The molecule has 0 radical (unpaired) electrons. The molecule has 2 aromatic carbocycles. The lowest BCUT2D eigenvalue weighted by Crippen LogP contribution is -2.60. The van der Waals surface area contributed by atoms with Crippen LogP contribution in [-0.2, 0) is 14.3 Å². The van der Waals surface area contributed by atoms with Gasteiger partial charge in [-0.15, -0.1) is 0 Å². The summed E-state index contributed by atoms with van der Waals surface area (Å²) in [7, 11) is 0. The number of benzene rings is 2. The first-order valence-electron chi connectivity index (χ1n) is 13.0. The Morgan fingerprint density at radius 2 is 1.68 bits per heavy atom. The van der Waals surface area contributed by atoms with E-state index in [0.29, 0.717) is 31.0 Å². The van der Waals surface area contributed by atoms with Gasteiger partial charge in [0.2, 0.25) is 5.91 Å². The zero-order chi connectivity index (χ0) is 26.7. The van der Waals surface area contributed by atoms with Crippen molar-refractivity contribution in [1.29, 1.82) is 0 Å². The van der Waals surface area contributed by atoms with Gasteiger partial charge in [0.15, 0.2) is 5.11 Å². The molecule has 2 fully saturated rings. The fourth-order valence-corrected chi connectivity index (χ4v) is 4.89. The minimum absolute atomic E-state index is 0.0718. The van der Waals surface area contributed by atoms with E-state index < -0.39 is 17.9 Å². The van der Waals surface area contributed by atoms with E-state index in [0.717, 1.165) is 37.9 Å². The highest BCUT2D eigenvalue weighted by molar-refractivity contribution is 7.80. The molecule has 2 aliphatic rings. The van der Waals surface area contributed by atoms with E-state index in [1.165, 1.54) is 0 Å². The highest BCUT2D eigenvalue weighted by Crippen LogP contribution is 2.22. The molecule has 1 unspecified atom stereocenters. The topological polar surface area (TPSA) is 106 Å². The van der Waals surface area contributed by atoms with Gasteiger partial charge in [-0.2, -0.15) is 0 Å². The molecule has 0 spiro atoms. The number of thiocarbonyl (C=S) groups is 1. The van der Waals surface area contributed by atoms with E-state index >= 15 is 0 Å². The van der Waals surface area contributed by atoms with Crippen LogP contribution in [0.2, 0.25) is 0 Å². The Labute approximate surface area is 227 Å². The van der Waals surface area contributed by atoms with E-state index in [9.17, 15) is 14.4 Å². The number of carbonyl (C=O) groups excluding carboxylic acids is 3. The van der Waals surface area contributed by atoms with Crippen LogP contribution in [0.4, 0.5) is 0 Å². The molecule has 38 heavy (non-hydrogen) atoms. The maximum absolute atomic E-state index is 13.1. The third-order valence-corrected chi connectivity index (χ3v) is 6.84. The fourth-order valence-electron chi connectivity index (χ4n) is 4.58. The highest BCUT2D eigenvalue weighted by Gasteiger charge is 2.35. The molecule has 0 aromatic heterocycles. The van der Waals surface area contributed by atoms with Crippen LogP contribution in [0, 0.1) is 0 Å². The van der Waals surface area contributed by atoms with E-state index in [-0.39, 0.29) is 30.2 Å². The summed E-state index contributed by atoms with van der Waals surface area (Å²) in [5.74, 6) is -0.113. The van der Waals surface area contributed by atoms with Crippen LogP contribution < -0.4 is 20.1 Å². The Kier molecular flexibility index (Phi) is 9.91. The van der Waals surface area contributed by atoms with Crippen LogP contribution in [0.5, 0.6) is 11.5 Å². The number of para-hydroxylation sites is 2. The van der Waals surface area contributed by atoms with Crippen molar-refractivity contribution >= 4 is 35.1 Å². The van der Waals surface area contributed by atoms with Crippen molar-refractivity contribution in [2.24, 2.45) is 0 Å². The number of nitrogens with zero attached hydrogens (tertiary/aromatic N) is 1. The van der Waals surface area contributed by atoms with Crippen LogP contribution in [0.1, 0.15) is 48.9 Å². The summed E-state index contributed by atoms with van der Waals surface area (Å²) >= 11 is 5.50. The van der Waals surface area contributed by atoms with Gasteiger partial charge >= 0.3 is 5.97 Å². The number of rotatable bonds is 9. The summed E-state index contributed by atoms with van der Waals surface area (Å²) in [6, 6.07) is 15.3. The molecule has 1 heterocycles. The maximum Gasteiger partial charge on any atom is 0.308 e. The fraction of sp³-hybridized carbons (Fsp3) is 0.429. The molecule has 1 aliphatic carbocycles. The molecule has 4 rings (SSSR count). The molecule has 0 bridgehead atoms. The Balaban J connectivity index is 1.33. The highest BCUT2D eigenvalue weighted by atomic mass is 32.1. The Bertz CT molecular complexity index is 1120. The molecule has 10 heteroatoms. The van der Waals surface area contributed by atoms with Gasteiger partial charge in [-0.3, -0.25) is 19.7 Å². The Morgan fingerprint density at radius 3 is 2.47 bits per heavy atom. The van der Waals surface area contributed by atoms with Gasteiger partial charge in [0.1, 0.15) is 36.9 Å². The van der Waals surface area contributed by atoms with Gasteiger partial charge in [-0.05, 0) is 62.2 Å². The number of hydrogen-bond acceptors (Lipinski definition) is 7. The SMILES string of the molecule is O=C(CC1C(=O)NCCN1C(=S)NC(=O)c1ccccc1OCCOc1ccccc1)OC1CCCCC1. The predicted octanol–water partition coefficient (Wildman–Crippen LogP) is 3.23. The van der Waals surface area contributed by atoms with E-state index in [4.69, 9.17) is 26.4 Å². The first-order valence-corrected chi connectivity index (χ1v) is 13.4. The molecule has 2 aromatic rings. The number of esters is 1. The second-order valence-electron chi connectivity index (χ2n) is 9.22. The zero-order valence-corrected chi connectivity index (χ0v) is 22.0. The number of amides is 2. The van der Waals surface area contributed by atoms with Gasteiger partial charge in [-0.25, -0.2) is 0 Å². The summed E-state index contributed by atoms with van der Waals surface area (Å²) in [5, 5.41) is 5.54. The summed E-state index contributed by atoms with van der Waals surface area (Å²) in [6.45, 7) is 1.26. The predicted molar refractivity (Wildman–Crippen MR) is 145 cm³/mol. The summed E-state index contributed by atoms with van der Waals surface area (Å²) in [5.41, 5.74) is 0.296. The molecule has 1 atom stereocenters. The van der Waals surface area contributed by atoms with Crippen molar-refractivity contribution in [2.45, 2.75) is 50.7 Å². The monoisotopic (exact) mass is 539 g/mol. The smallest absolute Gasteiger partial charge is 0.308 e. The van der Waals surface area contributed by atoms with Crippen molar-refractivity contribution < 1.29 is 28.6 Å². The van der Waals surface area contributed by atoms with Crippen molar-refractivity contribution in [2.75, 3.05) is 26.3 Å². The molecule has 9 nitrogen and oxygen atoms in total. The summed E-state index contributed by atoms with van der Waals surface area (Å²) < 4.78 is 17.1. The average molecular weight is 540 g/mol. The summed E-state index contributed by atoms with van der Waals surface area (Å²) in [4.78, 5) is 39.9. The van der Waals surface area contributed by atoms with Crippen LogP contribution in [-0.4, -0.2) is 66.2 Å². The van der Waals surface area contributed by atoms with Crippen LogP contribution >= 0.6 is 12.2 Å². The number of carbonyl (C=O) groups is 3. The molecule has 1 saturated carbocycles. The number of nitrogens with one attached hydrogen (secondary N) is 2. The van der Waals surface area contributed by atoms with Crippen molar-refractivity contribution in [3.05, 3.63) is 60.2 Å². The summed E-state index contributed by atoms with van der Waals surface area (Å²) in [6.07, 6.45) is 4.68.